The van der Waals surface area contributed by atoms with Gasteiger partial charge >= 0.3 is 0 Å². The van der Waals surface area contributed by atoms with Gasteiger partial charge in [-0.1, -0.05) is 0 Å². The number of fused-ring (bicyclic) bond motifs is 1. The standard InChI is InChI=1S/C14H14N4/c1-10-4-5-16-7-11(10)8-18-9-17-13-6-12(15)2-3-14(13)18/h2-7,9H,8,15H2,1H3. The molecule has 18 heavy (non-hydrogen) atoms. The predicted molar refractivity (Wildman–Crippen MR) is 72.2 cm³/mol. The molecule has 0 saturated heterocycles. The molecule has 2 heterocycles. The summed E-state index contributed by atoms with van der Waals surface area (Å²) in [6.45, 7) is 2.87. The first-order valence-corrected chi connectivity index (χ1v) is 5.84. The van der Waals surface area contributed by atoms with Crippen LogP contribution in [0.25, 0.3) is 11.0 Å². The molecule has 0 bridgehead atoms. The van der Waals surface area contributed by atoms with Gasteiger partial charge in [0.2, 0.25) is 0 Å². The highest BCUT2D eigenvalue weighted by Gasteiger charge is 2.05. The molecule has 4 nitrogen and oxygen atoms in total. The van der Waals surface area contributed by atoms with E-state index in [0.29, 0.717) is 0 Å². The van der Waals surface area contributed by atoms with Crippen LogP contribution in [0.15, 0.2) is 43.0 Å². The molecule has 2 aromatic heterocycles. The Labute approximate surface area is 105 Å². The Morgan fingerprint density at radius 2 is 2.17 bits per heavy atom. The van der Waals surface area contributed by atoms with E-state index in [1.807, 2.05) is 43.0 Å². The minimum absolute atomic E-state index is 0.741. The molecule has 2 N–H and O–H groups in total. The molecule has 1 aromatic carbocycles. The average Bonchev–Trinajstić information content (AvgIpc) is 2.74. The van der Waals surface area contributed by atoms with Crippen molar-refractivity contribution in [2.24, 2.45) is 0 Å². The highest BCUT2D eigenvalue weighted by molar-refractivity contribution is 5.79. The van der Waals surface area contributed by atoms with Crippen LogP contribution in [0.4, 0.5) is 5.69 Å². The van der Waals surface area contributed by atoms with Crippen LogP contribution < -0.4 is 5.73 Å². The maximum Gasteiger partial charge on any atom is 0.0961 e. The van der Waals surface area contributed by atoms with Gasteiger partial charge in [0.05, 0.1) is 23.9 Å². The van der Waals surface area contributed by atoms with Gasteiger partial charge < -0.3 is 10.3 Å². The lowest BCUT2D eigenvalue weighted by Gasteiger charge is -2.07. The third-order valence-electron chi connectivity index (χ3n) is 3.13. The highest BCUT2D eigenvalue weighted by atomic mass is 15.0. The lowest BCUT2D eigenvalue weighted by Crippen LogP contribution is -2.00. The number of nitrogens with zero attached hydrogens (tertiary/aromatic N) is 3. The monoisotopic (exact) mass is 238 g/mol. The lowest BCUT2D eigenvalue weighted by atomic mass is 10.1. The minimum atomic E-state index is 0.741. The molecule has 0 fully saturated rings. The second-order valence-corrected chi connectivity index (χ2v) is 4.42. The van der Waals surface area contributed by atoms with Gasteiger partial charge in [-0.05, 0) is 42.3 Å². The van der Waals surface area contributed by atoms with Crippen molar-refractivity contribution >= 4 is 16.7 Å². The Kier molecular flexibility index (Phi) is 2.48. The van der Waals surface area contributed by atoms with Gasteiger partial charge in [0, 0.05) is 18.1 Å². The Hall–Kier alpha value is -2.36. The normalized spacial score (nSPS) is 10.9. The fourth-order valence-corrected chi connectivity index (χ4v) is 2.05. The summed E-state index contributed by atoms with van der Waals surface area (Å²) in [4.78, 5) is 8.53. The van der Waals surface area contributed by atoms with Crippen LogP contribution in [0.1, 0.15) is 11.1 Å². The summed E-state index contributed by atoms with van der Waals surface area (Å²) >= 11 is 0. The average molecular weight is 238 g/mol. The van der Waals surface area contributed by atoms with Crippen LogP contribution >= 0.6 is 0 Å². The Bertz CT molecular complexity index is 700. The fourth-order valence-electron chi connectivity index (χ4n) is 2.05. The number of nitrogens with two attached hydrogens (primary N) is 1. The van der Waals surface area contributed by atoms with E-state index in [4.69, 9.17) is 5.73 Å². The first kappa shape index (κ1) is 10.8. The van der Waals surface area contributed by atoms with Crippen molar-refractivity contribution in [3.8, 4) is 0 Å². The quantitative estimate of drug-likeness (QED) is 0.697. The number of nitrogen functional groups attached to an aromatic ring is 1. The molecule has 0 unspecified atom stereocenters. The van der Waals surface area contributed by atoms with E-state index in [1.54, 1.807) is 0 Å². The molecule has 0 radical (unpaired) electrons. The molecular formula is C14H14N4. The molecule has 0 aliphatic rings. The zero-order valence-corrected chi connectivity index (χ0v) is 10.2. The van der Waals surface area contributed by atoms with Crippen LogP contribution in [0.5, 0.6) is 0 Å². The molecule has 0 atom stereocenters. The number of anilines is 1. The predicted octanol–water partition coefficient (Wildman–Crippen LogP) is 2.37. The third kappa shape index (κ3) is 1.82. The highest BCUT2D eigenvalue weighted by Crippen LogP contribution is 2.18. The minimum Gasteiger partial charge on any atom is -0.399 e. The summed E-state index contributed by atoms with van der Waals surface area (Å²) in [5.74, 6) is 0. The van der Waals surface area contributed by atoms with E-state index in [9.17, 15) is 0 Å². The molecule has 3 rings (SSSR count). The van der Waals surface area contributed by atoms with Gasteiger partial charge in [-0.15, -0.1) is 0 Å². The smallest absolute Gasteiger partial charge is 0.0961 e. The molecule has 0 spiro atoms. The van der Waals surface area contributed by atoms with Crippen molar-refractivity contribution in [3.05, 3.63) is 54.1 Å². The maximum absolute atomic E-state index is 5.75. The Balaban J connectivity index is 2.03. The van der Waals surface area contributed by atoms with Gasteiger partial charge in [0.15, 0.2) is 0 Å². The summed E-state index contributed by atoms with van der Waals surface area (Å²) < 4.78 is 2.11. The van der Waals surface area contributed by atoms with Crippen LogP contribution in [0.3, 0.4) is 0 Å². The van der Waals surface area contributed by atoms with Crippen molar-refractivity contribution in [2.75, 3.05) is 5.73 Å². The van der Waals surface area contributed by atoms with Crippen molar-refractivity contribution in [3.63, 3.8) is 0 Å². The van der Waals surface area contributed by atoms with Crippen LogP contribution in [-0.2, 0) is 6.54 Å². The van der Waals surface area contributed by atoms with Gasteiger partial charge in [-0.2, -0.15) is 0 Å². The van der Waals surface area contributed by atoms with Crippen LogP contribution in [0.2, 0.25) is 0 Å². The topological polar surface area (TPSA) is 56.7 Å². The van der Waals surface area contributed by atoms with Gasteiger partial charge in [0.25, 0.3) is 0 Å². The van der Waals surface area contributed by atoms with Gasteiger partial charge in [-0.25, -0.2) is 4.98 Å². The van der Waals surface area contributed by atoms with Crippen molar-refractivity contribution in [2.45, 2.75) is 13.5 Å². The van der Waals surface area contributed by atoms with Gasteiger partial charge in [-0.3, -0.25) is 4.98 Å². The molecule has 90 valence electrons. The van der Waals surface area contributed by atoms with E-state index in [2.05, 4.69) is 21.5 Å². The molecule has 3 aromatic rings. The first-order chi connectivity index (χ1) is 8.74. The molecule has 0 aliphatic carbocycles. The lowest BCUT2D eigenvalue weighted by molar-refractivity contribution is 0.813. The number of pyridine rings is 1. The zero-order chi connectivity index (χ0) is 12.5. The number of aryl methyl sites for hydroxylation is 1. The van der Waals surface area contributed by atoms with E-state index >= 15 is 0 Å². The molecule has 0 amide bonds. The van der Waals surface area contributed by atoms with Crippen molar-refractivity contribution in [1.29, 1.82) is 0 Å². The number of rotatable bonds is 2. The molecule has 0 saturated carbocycles. The summed E-state index contributed by atoms with van der Waals surface area (Å²) in [7, 11) is 0. The van der Waals surface area contributed by atoms with Crippen molar-refractivity contribution in [1.82, 2.24) is 14.5 Å². The fraction of sp³-hybridized carbons (Fsp3) is 0.143. The number of imidazole rings is 1. The maximum atomic E-state index is 5.75. The van der Waals surface area contributed by atoms with E-state index in [0.717, 1.165) is 23.3 Å². The van der Waals surface area contributed by atoms with Gasteiger partial charge in [0.1, 0.15) is 0 Å². The van der Waals surface area contributed by atoms with Crippen LogP contribution in [0, 0.1) is 6.92 Å². The summed E-state index contributed by atoms with van der Waals surface area (Å²) in [6, 6.07) is 7.81. The number of benzene rings is 1. The second kappa shape index (κ2) is 4.14. The van der Waals surface area contributed by atoms with E-state index < -0.39 is 0 Å². The third-order valence-corrected chi connectivity index (χ3v) is 3.13. The van der Waals surface area contributed by atoms with E-state index in [1.165, 1.54) is 11.1 Å². The summed E-state index contributed by atoms with van der Waals surface area (Å²) in [5.41, 5.74) is 10.9. The number of hydrogen-bond acceptors (Lipinski definition) is 3. The van der Waals surface area contributed by atoms with Crippen LogP contribution in [-0.4, -0.2) is 14.5 Å². The number of hydrogen-bond donors (Lipinski definition) is 1. The Morgan fingerprint density at radius 3 is 3.00 bits per heavy atom. The second-order valence-electron chi connectivity index (χ2n) is 4.42. The SMILES string of the molecule is Cc1ccncc1Cn1cnc2cc(N)ccc21. The molecular weight excluding hydrogens is 224 g/mol. The number of aromatic nitrogens is 3. The van der Waals surface area contributed by atoms with E-state index in [-0.39, 0.29) is 0 Å². The molecule has 4 heteroatoms. The summed E-state index contributed by atoms with van der Waals surface area (Å²) in [5, 5.41) is 0. The summed E-state index contributed by atoms with van der Waals surface area (Å²) in [6.07, 6.45) is 5.56. The first-order valence-electron chi connectivity index (χ1n) is 5.84. The largest absolute Gasteiger partial charge is 0.399 e. The molecule has 0 aliphatic heterocycles. The van der Waals surface area contributed by atoms with Crippen molar-refractivity contribution < 1.29 is 0 Å². The zero-order valence-electron chi connectivity index (χ0n) is 10.2. The Morgan fingerprint density at radius 1 is 1.28 bits per heavy atom.